The van der Waals surface area contributed by atoms with E-state index in [2.05, 4.69) is 10.3 Å². The van der Waals surface area contributed by atoms with E-state index >= 15 is 0 Å². The highest BCUT2D eigenvalue weighted by atomic mass is 16.4. The molecule has 3 rings (SSSR count). The van der Waals surface area contributed by atoms with Gasteiger partial charge in [0, 0.05) is 5.69 Å². The van der Waals surface area contributed by atoms with Crippen molar-refractivity contribution < 1.29 is 24.6 Å². The number of anilines is 1. The standard InChI is InChI=1S/C18H15N3O5/c1-10-19-14-4-2-3-5-15(14)21(10)9-16(22)20-13-7-11(17(23)24)6-12(8-13)18(25)26/h2-8H,9H2,1H3,(H,20,22)(H,23,24)(H,25,26). The van der Waals surface area contributed by atoms with Crippen LogP contribution < -0.4 is 5.32 Å². The molecule has 3 N–H and O–H groups in total. The average molecular weight is 353 g/mol. The number of carbonyl (C=O) groups is 3. The summed E-state index contributed by atoms with van der Waals surface area (Å²) in [5.41, 5.74) is 1.23. The van der Waals surface area contributed by atoms with E-state index in [1.165, 1.54) is 12.1 Å². The Balaban J connectivity index is 1.87. The maximum absolute atomic E-state index is 12.4. The highest BCUT2D eigenvalue weighted by Crippen LogP contribution is 2.18. The molecule has 0 fully saturated rings. The fraction of sp³-hybridized carbons (Fsp3) is 0.111. The molecule has 0 spiro atoms. The summed E-state index contributed by atoms with van der Waals surface area (Å²) in [6, 6.07) is 10.8. The van der Waals surface area contributed by atoms with E-state index in [1.807, 2.05) is 24.3 Å². The molecule has 0 aliphatic carbocycles. The van der Waals surface area contributed by atoms with Gasteiger partial charge in [-0.1, -0.05) is 12.1 Å². The van der Waals surface area contributed by atoms with Crippen LogP contribution in [0.1, 0.15) is 26.5 Å². The second-order valence-electron chi connectivity index (χ2n) is 5.69. The third kappa shape index (κ3) is 3.39. The second-order valence-corrected chi connectivity index (χ2v) is 5.69. The molecule has 8 nitrogen and oxygen atoms in total. The van der Waals surface area contributed by atoms with Crippen LogP contribution in [-0.2, 0) is 11.3 Å². The molecule has 0 saturated heterocycles. The number of imidazole rings is 1. The van der Waals surface area contributed by atoms with E-state index in [1.54, 1.807) is 11.5 Å². The molecular formula is C18H15N3O5. The summed E-state index contributed by atoms with van der Waals surface area (Å²) in [6.45, 7) is 1.74. The van der Waals surface area contributed by atoms with Crippen LogP contribution in [0.4, 0.5) is 5.69 Å². The zero-order chi connectivity index (χ0) is 18.8. The lowest BCUT2D eigenvalue weighted by molar-refractivity contribution is -0.116. The van der Waals surface area contributed by atoms with E-state index in [0.29, 0.717) is 5.82 Å². The largest absolute Gasteiger partial charge is 0.478 e. The van der Waals surface area contributed by atoms with Gasteiger partial charge in [-0.3, -0.25) is 4.79 Å². The number of rotatable bonds is 5. The van der Waals surface area contributed by atoms with Gasteiger partial charge >= 0.3 is 11.9 Å². The third-order valence-corrected chi connectivity index (χ3v) is 3.86. The molecule has 0 atom stereocenters. The normalized spacial score (nSPS) is 10.7. The quantitative estimate of drug-likeness (QED) is 0.647. The molecular weight excluding hydrogens is 338 g/mol. The molecule has 0 saturated carbocycles. The molecule has 0 bridgehead atoms. The summed E-state index contributed by atoms with van der Waals surface area (Å²) < 4.78 is 1.73. The number of para-hydroxylation sites is 2. The monoisotopic (exact) mass is 353 g/mol. The van der Waals surface area contributed by atoms with Crippen LogP contribution in [0.15, 0.2) is 42.5 Å². The molecule has 26 heavy (non-hydrogen) atoms. The van der Waals surface area contributed by atoms with E-state index in [4.69, 9.17) is 10.2 Å². The number of hydrogen-bond donors (Lipinski definition) is 3. The van der Waals surface area contributed by atoms with Gasteiger partial charge in [0.1, 0.15) is 12.4 Å². The number of nitrogens with one attached hydrogen (secondary N) is 1. The summed E-state index contributed by atoms with van der Waals surface area (Å²) in [6.07, 6.45) is 0. The Labute approximate surface area is 147 Å². The van der Waals surface area contributed by atoms with Gasteiger partial charge < -0.3 is 20.1 Å². The van der Waals surface area contributed by atoms with E-state index in [9.17, 15) is 14.4 Å². The number of amides is 1. The Kier molecular flexibility index (Phi) is 4.40. The minimum Gasteiger partial charge on any atom is -0.478 e. The highest BCUT2D eigenvalue weighted by Gasteiger charge is 2.14. The smallest absolute Gasteiger partial charge is 0.335 e. The minimum absolute atomic E-state index is 0.0357. The topological polar surface area (TPSA) is 122 Å². The van der Waals surface area contributed by atoms with Crippen LogP contribution >= 0.6 is 0 Å². The number of benzene rings is 2. The number of aromatic carboxylic acids is 2. The maximum Gasteiger partial charge on any atom is 0.335 e. The van der Waals surface area contributed by atoms with Crippen molar-refractivity contribution in [3.8, 4) is 0 Å². The van der Waals surface area contributed by atoms with Crippen molar-refractivity contribution in [3.63, 3.8) is 0 Å². The Bertz CT molecular complexity index is 1010. The van der Waals surface area contributed by atoms with Crippen LogP contribution in [0.3, 0.4) is 0 Å². The van der Waals surface area contributed by atoms with Gasteiger partial charge in [0.25, 0.3) is 0 Å². The second kappa shape index (κ2) is 6.67. The van der Waals surface area contributed by atoms with Gasteiger partial charge in [0.15, 0.2) is 0 Å². The molecule has 2 aromatic carbocycles. The Hall–Kier alpha value is -3.68. The van der Waals surface area contributed by atoms with Crippen molar-refractivity contribution in [1.82, 2.24) is 9.55 Å². The summed E-state index contributed by atoms with van der Waals surface area (Å²) in [7, 11) is 0. The van der Waals surface area contributed by atoms with Crippen molar-refractivity contribution in [2.45, 2.75) is 13.5 Å². The lowest BCUT2D eigenvalue weighted by Gasteiger charge is -2.10. The summed E-state index contributed by atoms with van der Waals surface area (Å²) in [5.74, 6) is -2.32. The molecule has 3 aromatic rings. The van der Waals surface area contributed by atoms with Gasteiger partial charge in [0.2, 0.25) is 5.91 Å². The van der Waals surface area contributed by atoms with Crippen molar-refractivity contribution in [2.75, 3.05) is 5.32 Å². The molecule has 0 radical (unpaired) electrons. The first-order valence-electron chi connectivity index (χ1n) is 7.68. The molecule has 132 valence electrons. The molecule has 1 heterocycles. The first-order valence-corrected chi connectivity index (χ1v) is 7.68. The van der Waals surface area contributed by atoms with Crippen LogP contribution in [0.5, 0.6) is 0 Å². The van der Waals surface area contributed by atoms with E-state index in [-0.39, 0.29) is 23.4 Å². The summed E-state index contributed by atoms with van der Waals surface area (Å²) in [5, 5.41) is 20.7. The van der Waals surface area contributed by atoms with Gasteiger partial charge in [-0.15, -0.1) is 0 Å². The number of carbonyl (C=O) groups excluding carboxylic acids is 1. The Morgan fingerprint density at radius 2 is 1.65 bits per heavy atom. The van der Waals surface area contributed by atoms with E-state index in [0.717, 1.165) is 17.1 Å². The number of nitrogens with zero attached hydrogens (tertiary/aromatic N) is 2. The van der Waals surface area contributed by atoms with Crippen molar-refractivity contribution >= 4 is 34.6 Å². The van der Waals surface area contributed by atoms with Crippen molar-refractivity contribution in [2.24, 2.45) is 0 Å². The molecule has 1 aromatic heterocycles. The molecule has 0 aliphatic heterocycles. The zero-order valence-corrected chi connectivity index (χ0v) is 13.8. The molecule has 0 aliphatic rings. The number of carboxylic acids is 2. The predicted molar refractivity (Wildman–Crippen MR) is 93.5 cm³/mol. The summed E-state index contributed by atoms with van der Waals surface area (Å²) in [4.78, 5) is 39.0. The SMILES string of the molecule is Cc1nc2ccccc2n1CC(=O)Nc1cc(C(=O)O)cc(C(=O)O)c1. The van der Waals surface area contributed by atoms with Gasteiger partial charge in [-0.25, -0.2) is 14.6 Å². The van der Waals surface area contributed by atoms with Crippen LogP contribution in [0, 0.1) is 6.92 Å². The maximum atomic E-state index is 12.4. The summed E-state index contributed by atoms with van der Waals surface area (Å²) >= 11 is 0. The third-order valence-electron chi connectivity index (χ3n) is 3.86. The van der Waals surface area contributed by atoms with Crippen LogP contribution in [-0.4, -0.2) is 37.6 Å². The number of aryl methyl sites for hydroxylation is 1. The minimum atomic E-state index is -1.28. The predicted octanol–water partition coefficient (Wildman–Crippen LogP) is 2.38. The van der Waals surface area contributed by atoms with Gasteiger partial charge in [-0.2, -0.15) is 0 Å². The van der Waals surface area contributed by atoms with Crippen LogP contribution in [0.25, 0.3) is 11.0 Å². The van der Waals surface area contributed by atoms with Crippen molar-refractivity contribution in [3.05, 3.63) is 59.4 Å². The Morgan fingerprint density at radius 1 is 1.04 bits per heavy atom. The van der Waals surface area contributed by atoms with E-state index < -0.39 is 17.8 Å². The van der Waals surface area contributed by atoms with Gasteiger partial charge in [-0.05, 0) is 37.3 Å². The first-order chi connectivity index (χ1) is 12.3. The lowest BCUT2D eigenvalue weighted by atomic mass is 10.1. The number of aromatic nitrogens is 2. The highest BCUT2D eigenvalue weighted by molar-refractivity contribution is 5.98. The number of carboxylic acid groups (broad SMARTS) is 2. The fourth-order valence-corrected chi connectivity index (χ4v) is 2.69. The van der Waals surface area contributed by atoms with Crippen molar-refractivity contribution in [1.29, 1.82) is 0 Å². The fourth-order valence-electron chi connectivity index (χ4n) is 2.69. The Morgan fingerprint density at radius 3 is 2.27 bits per heavy atom. The number of hydrogen-bond acceptors (Lipinski definition) is 4. The van der Waals surface area contributed by atoms with Gasteiger partial charge in [0.05, 0.1) is 22.2 Å². The lowest BCUT2D eigenvalue weighted by Crippen LogP contribution is -2.20. The number of fused-ring (bicyclic) bond motifs is 1. The molecule has 8 heteroatoms. The first kappa shape index (κ1) is 17.2. The molecule has 0 unspecified atom stereocenters. The zero-order valence-electron chi connectivity index (χ0n) is 13.8. The average Bonchev–Trinajstić information content (AvgIpc) is 2.90. The molecule has 1 amide bonds. The van der Waals surface area contributed by atoms with Crippen LogP contribution in [0.2, 0.25) is 0 Å².